The van der Waals surface area contributed by atoms with Crippen LogP contribution >= 0.6 is 0 Å². The fourth-order valence-electron chi connectivity index (χ4n) is 3.70. The Kier molecular flexibility index (Phi) is 4.51. The van der Waals surface area contributed by atoms with Crippen molar-refractivity contribution >= 4 is 5.71 Å². The van der Waals surface area contributed by atoms with E-state index in [1.54, 1.807) is 26.4 Å². The third kappa shape index (κ3) is 3.01. The predicted octanol–water partition coefficient (Wildman–Crippen LogP) is 3.08. The summed E-state index contributed by atoms with van der Waals surface area (Å²) in [4.78, 5) is 7.88. The molecule has 5 nitrogen and oxygen atoms in total. The average Bonchev–Trinajstić information content (AvgIpc) is 3.22. The van der Waals surface area contributed by atoms with Gasteiger partial charge < -0.3 is 14.3 Å². The van der Waals surface area contributed by atoms with Crippen molar-refractivity contribution in [1.29, 1.82) is 0 Å². The molecule has 0 bridgehead atoms. The molecule has 2 aliphatic heterocycles. The monoisotopic (exact) mass is 356 g/mol. The topological polar surface area (TPSA) is 43.3 Å². The number of fused-ring (bicyclic) bond motifs is 1. The molecule has 136 valence electrons. The molecule has 2 aromatic rings. The van der Waals surface area contributed by atoms with Gasteiger partial charge in [-0.05, 0) is 23.8 Å². The van der Waals surface area contributed by atoms with Gasteiger partial charge in [0.2, 0.25) is 0 Å². The molecular weight excluding hydrogens is 335 g/mol. The molecular formula is C20H21FN2O3. The van der Waals surface area contributed by atoms with Crippen molar-refractivity contribution in [2.24, 2.45) is 11.1 Å². The number of benzene rings is 2. The lowest BCUT2D eigenvalue weighted by Gasteiger charge is -2.17. The highest BCUT2D eigenvalue weighted by atomic mass is 19.1. The van der Waals surface area contributed by atoms with Gasteiger partial charge in [0.25, 0.3) is 0 Å². The summed E-state index contributed by atoms with van der Waals surface area (Å²) < 4.78 is 24.8. The summed E-state index contributed by atoms with van der Waals surface area (Å²) in [6.07, 6.45) is -0.0234. The van der Waals surface area contributed by atoms with Gasteiger partial charge in [0, 0.05) is 25.2 Å². The van der Waals surface area contributed by atoms with Crippen molar-refractivity contribution in [3.8, 4) is 11.5 Å². The van der Waals surface area contributed by atoms with Crippen molar-refractivity contribution in [3.63, 3.8) is 0 Å². The van der Waals surface area contributed by atoms with Gasteiger partial charge in [0.15, 0.2) is 11.5 Å². The van der Waals surface area contributed by atoms with Crippen LogP contribution in [0.3, 0.4) is 0 Å². The fourth-order valence-corrected chi connectivity index (χ4v) is 3.70. The minimum atomic E-state index is -0.256. The number of hydrogen-bond acceptors (Lipinski definition) is 5. The third-order valence-corrected chi connectivity index (χ3v) is 4.98. The van der Waals surface area contributed by atoms with Crippen LogP contribution in [0.4, 0.5) is 4.39 Å². The van der Waals surface area contributed by atoms with E-state index < -0.39 is 0 Å². The van der Waals surface area contributed by atoms with Gasteiger partial charge in [-0.2, -0.15) is 0 Å². The van der Waals surface area contributed by atoms with Crippen LogP contribution in [0.2, 0.25) is 0 Å². The smallest absolute Gasteiger partial charge is 0.161 e. The first-order valence-electron chi connectivity index (χ1n) is 8.61. The number of halogens is 1. The Labute approximate surface area is 152 Å². The molecule has 2 heterocycles. The van der Waals surface area contributed by atoms with Crippen molar-refractivity contribution in [3.05, 3.63) is 59.4 Å². The summed E-state index contributed by atoms with van der Waals surface area (Å²) in [5, 5.41) is 4.16. The maximum Gasteiger partial charge on any atom is 0.161 e. The molecule has 26 heavy (non-hydrogen) atoms. The Morgan fingerprint density at radius 2 is 1.92 bits per heavy atom. The van der Waals surface area contributed by atoms with E-state index in [0.29, 0.717) is 22.8 Å². The molecule has 6 heteroatoms. The lowest BCUT2D eigenvalue weighted by molar-refractivity contribution is 0.0745. The number of rotatable bonds is 5. The van der Waals surface area contributed by atoms with Gasteiger partial charge in [0.1, 0.15) is 11.9 Å². The second-order valence-electron chi connectivity index (χ2n) is 6.59. The quantitative estimate of drug-likeness (QED) is 0.826. The molecule has 0 saturated carbocycles. The van der Waals surface area contributed by atoms with Crippen LogP contribution in [0, 0.1) is 11.7 Å². The average molecular weight is 356 g/mol. The molecule has 2 aliphatic rings. The molecule has 0 radical (unpaired) electrons. The second kappa shape index (κ2) is 6.96. The number of methoxy groups -OCH3 is 2. The van der Waals surface area contributed by atoms with Crippen LogP contribution in [-0.2, 0) is 11.4 Å². The van der Waals surface area contributed by atoms with E-state index in [2.05, 4.69) is 10.1 Å². The van der Waals surface area contributed by atoms with Gasteiger partial charge in [-0.25, -0.2) is 4.39 Å². The highest BCUT2D eigenvalue weighted by Crippen LogP contribution is 2.33. The minimum Gasteiger partial charge on any atom is -0.493 e. The fraction of sp³-hybridized carbons (Fsp3) is 0.350. The Balaban J connectivity index is 1.48. The Bertz CT molecular complexity index is 840. The molecule has 0 aromatic heterocycles. The lowest BCUT2D eigenvalue weighted by Crippen LogP contribution is -2.23. The molecule has 1 saturated heterocycles. The first-order valence-corrected chi connectivity index (χ1v) is 8.61. The largest absolute Gasteiger partial charge is 0.493 e. The van der Waals surface area contributed by atoms with Crippen molar-refractivity contribution < 1.29 is 18.7 Å². The minimum absolute atomic E-state index is 0.0234. The molecule has 0 aliphatic carbocycles. The van der Waals surface area contributed by atoms with Gasteiger partial charge in [-0.15, -0.1) is 0 Å². The van der Waals surface area contributed by atoms with Gasteiger partial charge in [-0.1, -0.05) is 29.4 Å². The van der Waals surface area contributed by atoms with Crippen LogP contribution < -0.4 is 9.47 Å². The zero-order valence-electron chi connectivity index (χ0n) is 14.8. The molecule has 0 N–H and O–H groups in total. The van der Waals surface area contributed by atoms with E-state index in [1.807, 2.05) is 24.3 Å². The number of ether oxygens (including phenoxy) is 2. The second-order valence-corrected chi connectivity index (χ2v) is 6.59. The zero-order chi connectivity index (χ0) is 18.1. The zero-order valence-corrected chi connectivity index (χ0v) is 14.8. The maximum atomic E-state index is 14.1. The number of likely N-dealkylation sites (tertiary alicyclic amines) is 1. The first kappa shape index (κ1) is 16.8. The van der Waals surface area contributed by atoms with Crippen LogP contribution in [0.15, 0.2) is 47.6 Å². The van der Waals surface area contributed by atoms with Gasteiger partial charge in [0.05, 0.1) is 25.8 Å². The van der Waals surface area contributed by atoms with Gasteiger partial charge in [-0.3, -0.25) is 4.90 Å². The SMILES string of the molecule is COc1ccc(CN2C[C@H]3ON=C(c4ccccc4F)[C@@H]3C2)cc1OC. The van der Waals surface area contributed by atoms with E-state index in [-0.39, 0.29) is 17.8 Å². The molecule has 4 rings (SSSR count). The van der Waals surface area contributed by atoms with Gasteiger partial charge >= 0.3 is 0 Å². The molecule has 0 unspecified atom stereocenters. The van der Waals surface area contributed by atoms with Crippen LogP contribution in [-0.4, -0.2) is 44.0 Å². The first-order chi connectivity index (χ1) is 12.7. The van der Waals surface area contributed by atoms with Crippen molar-refractivity contribution in [2.75, 3.05) is 27.3 Å². The highest BCUT2D eigenvalue weighted by molar-refractivity contribution is 6.03. The Morgan fingerprint density at radius 1 is 1.12 bits per heavy atom. The molecule has 2 aromatic carbocycles. The standard InChI is InChI=1S/C20H21FN2O3/c1-24-17-8-7-13(9-18(17)25-2)10-23-11-15-19(12-23)26-22-20(15)14-5-3-4-6-16(14)21/h3-9,15,19H,10-12H2,1-2H3/t15-,19-/m1/s1. The van der Waals surface area contributed by atoms with Crippen LogP contribution in [0.25, 0.3) is 0 Å². The summed E-state index contributed by atoms with van der Waals surface area (Å²) >= 11 is 0. The summed E-state index contributed by atoms with van der Waals surface area (Å²) in [5.41, 5.74) is 2.38. The summed E-state index contributed by atoms with van der Waals surface area (Å²) in [7, 11) is 3.26. The summed E-state index contributed by atoms with van der Waals surface area (Å²) in [6.45, 7) is 2.31. The van der Waals surface area contributed by atoms with Crippen LogP contribution in [0.1, 0.15) is 11.1 Å². The molecule has 0 amide bonds. The third-order valence-electron chi connectivity index (χ3n) is 4.98. The summed E-state index contributed by atoms with van der Waals surface area (Å²) in [6, 6.07) is 12.7. The number of nitrogens with zero attached hydrogens (tertiary/aromatic N) is 2. The van der Waals surface area contributed by atoms with Crippen LogP contribution in [0.5, 0.6) is 11.5 Å². The van der Waals surface area contributed by atoms with E-state index in [9.17, 15) is 4.39 Å². The van der Waals surface area contributed by atoms with E-state index >= 15 is 0 Å². The maximum absolute atomic E-state index is 14.1. The van der Waals surface area contributed by atoms with E-state index in [4.69, 9.17) is 14.3 Å². The van der Waals surface area contributed by atoms with E-state index in [1.165, 1.54) is 6.07 Å². The highest BCUT2D eigenvalue weighted by Gasteiger charge is 2.43. The van der Waals surface area contributed by atoms with Crippen molar-refractivity contribution in [2.45, 2.75) is 12.6 Å². The number of hydrogen-bond donors (Lipinski definition) is 0. The predicted molar refractivity (Wildman–Crippen MR) is 96.1 cm³/mol. The lowest BCUT2D eigenvalue weighted by atomic mass is 9.94. The Hall–Kier alpha value is -2.60. The normalized spacial score (nSPS) is 21.9. The Morgan fingerprint density at radius 3 is 2.69 bits per heavy atom. The molecule has 2 atom stereocenters. The van der Waals surface area contributed by atoms with E-state index in [0.717, 1.165) is 25.2 Å². The molecule has 0 spiro atoms. The number of oxime groups is 1. The van der Waals surface area contributed by atoms with Crippen molar-refractivity contribution in [1.82, 2.24) is 4.90 Å². The molecule has 1 fully saturated rings. The summed E-state index contributed by atoms with van der Waals surface area (Å²) in [5.74, 6) is 1.27.